The largest absolute Gasteiger partial charge is 0.495 e. The molecule has 2 N–H and O–H groups in total. The van der Waals surface area contributed by atoms with E-state index in [1.54, 1.807) is 18.2 Å². The molecule has 0 aromatic heterocycles. The number of rotatable bonds is 5. The first-order valence-corrected chi connectivity index (χ1v) is 7.76. The minimum absolute atomic E-state index is 0.281. The molecule has 0 saturated heterocycles. The molecule has 0 atom stereocenters. The molecular weight excluding hydrogens is 328 g/mol. The van der Waals surface area contributed by atoms with E-state index in [1.807, 2.05) is 32.0 Å². The number of ether oxygens (including phenoxy) is 1. The number of benzene rings is 2. The second-order valence-corrected chi connectivity index (χ2v) is 5.91. The SMILES string of the molecule is COc1ccc(NC(=O)CC(=O)Nc2cc(C)cc(C)c2)cc1Cl. The summed E-state index contributed by atoms with van der Waals surface area (Å²) in [6.07, 6.45) is -0.281. The van der Waals surface area contributed by atoms with Gasteiger partial charge in [-0.05, 0) is 55.3 Å². The van der Waals surface area contributed by atoms with Crippen molar-refractivity contribution in [2.24, 2.45) is 0 Å². The van der Waals surface area contributed by atoms with Crippen molar-refractivity contribution in [3.05, 3.63) is 52.5 Å². The fraction of sp³-hybridized carbons (Fsp3) is 0.222. The molecule has 0 spiro atoms. The Morgan fingerprint density at radius 2 is 1.54 bits per heavy atom. The first-order chi connectivity index (χ1) is 11.4. The smallest absolute Gasteiger partial charge is 0.233 e. The lowest BCUT2D eigenvalue weighted by Crippen LogP contribution is -2.21. The van der Waals surface area contributed by atoms with Gasteiger partial charge in [0.1, 0.15) is 12.2 Å². The molecule has 126 valence electrons. The molecule has 0 aliphatic carbocycles. The molecule has 2 amide bonds. The number of hydrogen-bond donors (Lipinski definition) is 2. The summed E-state index contributed by atoms with van der Waals surface area (Å²) in [6, 6.07) is 10.6. The molecule has 0 unspecified atom stereocenters. The lowest BCUT2D eigenvalue weighted by molar-refractivity contribution is -0.123. The molecule has 0 radical (unpaired) electrons. The number of carbonyl (C=O) groups excluding carboxylic acids is 2. The fourth-order valence-corrected chi connectivity index (χ4v) is 2.60. The second-order valence-electron chi connectivity index (χ2n) is 5.50. The third-order valence-corrected chi connectivity index (χ3v) is 3.56. The molecule has 5 nitrogen and oxygen atoms in total. The van der Waals surface area contributed by atoms with Crippen molar-refractivity contribution in [1.29, 1.82) is 0 Å². The topological polar surface area (TPSA) is 67.4 Å². The van der Waals surface area contributed by atoms with E-state index in [4.69, 9.17) is 16.3 Å². The normalized spacial score (nSPS) is 10.2. The van der Waals surface area contributed by atoms with E-state index in [1.165, 1.54) is 7.11 Å². The molecule has 2 rings (SSSR count). The lowest BCUT2D eigenvalue weighted by atomic mass is 10.1. The molecule has 0 aliphatic rings. The zero-order valence-electron chi connectivity index (χ0n) is 13.8. The van der Waals surface area contributed by atoms with Crippen LogP contribution in [0.3, 0.4) is 0 Å². The van der Waals surface area contributed by atoms with Crippen molar-refractivity contribution < 1.29 is 14.3 Å². The summed E-state index contributed by atoms with van der Waals surface area (Å²) < 4.78 is 5.05. The summed E-state index contributed by atoms with van der Waals surface area (Å²) in [7, 11) is 1.51. The van der Waals surface area contributed by atoms with Crippen LogP contribution in [0.2, 0.25) is 5.02 Å². The van der Waals surface area contributed by atoms with Gasteiger partial charge in [0.05, 0.1) is 12.1 Å². The van der Waals surface area contributed by atoms with E-state index in [2.05, 4.69) is 10.6 Å². The standard InChI is InChI=1S/C18H19ClN2O3/c1-11-6-12(2)8-14(7-11)21-18(23)10-17(22)20-13-4-5-16(24-3)15(19)9-13/h4-9H,10H2,1-3H3,(H,20,22)(H,21,23). The average molecular weight is 347 g/mol. The third-order valence-electron chi connectivity index (χ3n) is 3.26. The predicted octanol–water partition coefficient (Wildman–Crippen LogP) is 3.93. The Morgan fingerprint density at radius 1 is 0.958 bits per heavy atom. The summed E-state index contributed by atoms with van der Waals surface area (Å²) in [4.78, 5) is 24.0. The highest BCUT2D eigenvalue weighted by Crippen LogP contribution is 2.27. The van der Waals surface area contributed by atoms with Gasteiger partial charge in [0.15, 0.2) is 0 Å². The Bertz CT molecular complexity index is 755. The van der Waals surface area contributed by atoms with Crippen molar-refractivity contribution in [2.75, 3.05) is 17.7 Å². The molecule has 0 bridgehead atoms. The predicted molar refractivity (Wildman–Crippen MR) is 95.8 cm³/mol. The van der Waals surface area contributed by atoms with E-state index in [-0.39, 0.29) is 12.3 Å². The number of anilines is 2. The van der Waals surface area contributed by atoms with Crippen LogP contribution in [0.4, 0.5) is 11.4 Å². The van der Waals surface area contributed by atoms with Gasteiger partial charge < -0.3 is 15.4 Å². The maximum Gasteiger partial charge on any atom is 0.233 e. The van der Waals surface area contributed by atoms with Gasteiger partial charge in [0, 0.05) is 11.4 Å². The minimum atomic E-state index is -0.418. The summed E-state index contributed by atoms with van der Waals surface area (Å²) >= 11 is 6.00. The zero-order chi connectivity index (χ0) is 17.7. The molecule has 2 aromatic rings. The van der Waals surface area contributed by atoms with Crippen LogP contribution < -0.4 is 15.4 Å². The summed E-state index contributed by atoms with van der Waals surface area (Å²) in [5.41, 5.74) is 3.27. The van der Waals surface area contributed by atoms with Gasteiger partial charge in [-0.1, -0.05) is 17.7 Å². The van der Waals surface area contributed by atoms with E-state index in [9.17, 15) is 9.59 Å². The Labute approximate surface area is 146 Å². The molecule has 0 fully saturated rings. The third kappa shape index (κ3) is 4.99. The molecular formula is C18H19ClN2O3. The first-order valence-electron chi connectivity index (χ1n) is 7.39. The van der Waals surface area contributed by atoms with E-state index in [0.29, 0.717) is 22.1 Å². The highest BCUT2D eigenvalue weighted by atomic mass is 35.5. The zero-order valence-corrected chi connectivity index (χ0v) is 14.5. The Hall–Kier alpha value is -2.53. The number of carbonyl (C=O) groups is 2. The van der Waals surface area contributed by atoms with Crippen LogP contribution >= 0.6 is 11.6 Å². The van der Waals surface area contributed by atoms with Gasteiger partial charge >= 0.3 is 0 Å². The highest BCUT2D eigenvalue weighted by Gasteiger charge is 2.11. The van der Waals surface area contributed by atoms with Crippen molar-refractivity contribution in [3.8, 4) is 5.75 Å². The van der Waals surface area contributed by atoms with Crippen LogP contribution in [0.15, 0.2) is 36.4 Å². The van der Waals surface area contributed by atoms with E-state index >= 15 is 0 Å². The van der Waals surface area contributed by atoms with Crippen molar-refractivity contribution >= 4 is 34.8 Å². The highest BCUT2D eigenvalue weighted by molar-refractivity contribution is 6.32. The maximum atomic E-state index is 12.0. The Kier molecular flexibility index (Phi) is 5.82. The number of aryl methyl sites for hydroxylation is 2. The number of amides is 2. The lowest BCUT2D eigenvalue weighted by Gasteiger charge is -2.09. The maximum absolute atomic E-state index is 12.0. The number of hydrogen-bond acceptors (Lipinski definition) is 3. The monoisotopic (exact) mass is 346 g/mol. The van der Waals surface area contributed by atoms with Gasteiger partial charge in [0.25, 0.3) is 0 Å². The quantitative estimate of drug-likeness (QED) is 0.806. The van der Waals surface area contributed by atoms with Crippen LogP contribution in [-0.4, -0.2) is 18.9 Å². The molecule has 0 aliphatic heterocycles. The Balaban J connectivity index is 1.94. The first kappa shape index (κ1) is 17.8. The van der Waals surface area contributed by atoms with Crippen molar-refractivity contribution in [2.45, 2.75) is 20.3 Å². The van der Waals surface area contributed by atoms with Gasteiger partial charge in [-0.25, -0.2) is 0 Å². The Morgan fingerprint density at radius 3 is 2.08 bits per heavy atom. The van der Waals surface area contributed by atoms with Gasteiger partial charge in [-0.15, -0.1) is 0 Å². The van der Waals surface area contributed by atoms with Crippen LogP contribution in [-0.2, 0) is 9.59 Å². The second kappa shape index (κ2) is 7.84. The molecule has 0 saturated carbocycles. The number of nitrogens with one attached hydrogen (secondary N) is 2. The summed E-state index contributed by atoms with van der Waals surface area (Å²) in [5, 5.41) is 5.74. The van der Waals surface area contributed by atoms with Crippen LogP contribution in [0.25, 0.3) is 0 Å². The van der Waals surface area contributed by atoms with Crippen LogP contribution in [0.1, 0.15) is 17.5 Å². The van der Waals surface area contributed by atoms with E-state index < -0.39 is 5.91 Å². The van der Waals surface area contributed by atoms with Crippen molar-refractivity contribution in [1.82, 2.24) is 0 Å². The van der Waals surface area contributed by atoms with Crippen LogP contribution in [0, 0.1) is 13.8 Å². The number of methoxy groups -OCH3 is 1. The minimum Gasteiger partial charge on any atom is -0.495 e. The molecule has 0 heterocycles. The molecule has 2 aromatic carbocycles. The molecule has 24 heavy (non-hydrogen) atoms. The average Bonchev–Trinajstić information content (AvgIpc) is 2.45. The van der Waals surface area contributed by atoms with Crippen LogP contribution in [0.5, 0.6) is 5.75 Å². The van der Waals surface area contributed by atoms with Gasteiger partial charge in [-0.2, -0.15) is 0 Å². The molecule has 6 heteroatoms. The van der Waals surface area contributed by atoms with Gasteiger partial charge in [-0.3, -0.25) is 9.59 Å². The summed E-state index contributed by atoms with van der Waals surface area (Å²) in [6.45, 7) is 3.89. The summed E-state index contributed by atoms with van der Waals surface area (Å²) in [5.74, 6) is -0.280. The van der Waals surface area contributed by atoms with E-state index in [0.717, 1.165) is 11.1 Å². The fourth-order valence-electron chi connectivity index (χ4n) is 2.35. The van der Waals surface area contributed by atoms with Gasteiger partial charge in [0.2, 0.25) is 11.8 Å². The van der Waals surface area contributed by atoms with Crippen molar-refractivity contribution in [3.63, 3.8) is 0 Å². The number of halogens is 1.